The molecule has 0 radical (unpaired) electrons. The summed E-state index contributed by atoms with van der Waals surface area (Å²) in [6.45, 7) is -1.81. The van der Waals surface area contributed by atoms with Crippen LogP contribution in [0.4, 0.5) is 80.3 Å². The van der Waals surface area contributed by atoms with E-state index in [-0.39, 0.29) is 17.7 Å². The van der Waals surface area contributed by atoms with Crippen molar-refractivity contribution in [2.75, 3.05) is 19.4 Å². The van der Waals surface area contributed by atoms with Gasteiger partial charge in [0.05, 0.1) is 22.7 Å². The number of alkyl halides is 17. The quantitative estimate of drug-likeness (QED) is 0.0620. The SMILES string of the molecule is CS(=O)(=O)N[C@H](CNS(=O)(=O)c1ccc([N+](=O)[O-])cc1)Cc1ccc(OCCCC(F)(F)C(F)(F)C(F)(F)C(F)(F)C(F)(F)C(F)(F)C(F)(F)C(F)(F)F)cc1. The molecule has 0 amide bonds. The summed E-state index contributed by atoms with van der Waals surface area (Å²) in [6, 6.07) is 6.58. The number of nitro groups is 1. The highest BCUT2D eigenvalue weighted by molar-refractivity contribution is 7.89. The number of sulfonamides is 2. The van der Waals surface area contributed by atoms with Gasteiger partial charge in [0.2, 0.25) is 20.0 Å². The van der Waals surface area contributed by atoms with Crippen LogP contribution in [0.3, 0.4) is 0 Å². The Morgan fingerprint density at radius 1 is 0.679 bits per heavy atom. The van der Waals surface area contributed by atoms with Gasteiger partial charge in [-0.05, 0) is 42.7 Å². The molecular formula is C27H24F17N3O7S2. The van der Waals surface area contributed by atoms with Crippen molar-refractivity contribution in [2.45, 2.75) is 77.8 Å². The van der Waals surface area contributed by atoms with Crippen molar-refractivity contribution in [1.29, 1.82) is 0 Å². The largest absolute Gasteiger partial charge is 0.494 e. The Hall–Kier alpha value is -3.73. The molecule has 0 aliphatic carbocycles. The molecule has 0 bridgehead atoms. The van der Waals surface area contributed by atoms with Gasteiger partial charge in [-0.2, -0.15) is 74.6 Å². The van der Waals surface area contributed by atoms with E-state index in [9.17, 15) is 102 Å². The first kappa shape index (κ1) is 48.4. The summed E-state index contributed by atoms with van der Waals surface area (Å²) in [5.41, 5.74) is -0.249. The van der Waals surface area contributed by atoms with Crippen LogP contribution in [-0.2, 0) is 26.5 Å². The molecule has 2 aromatic rings. The summed E-state index contributed by atoms with van der Waals surface area (Å²) in [6.07, 6.45) is -11.7. The summed E-state index contributed by atoms with van der Waals surface area (Å²) >= 11 is 0. The number of nitrogens with zero attached hydrogens (tertiary/aromatic N) is 1. The van der Waals surface area contributed by atoms with E-state index in [0.29, 0.717) is 6.26 Å². The van der Waals surface area contributed by atoms with Crippen LogP contribution in [-0.4, -0.2) is 94.8 Å². The average molecular weight is 890 g/mol. The van der Waals surface area contributed by atoms with Crippen LogP contribution in [0.5, 0.6) is 5.75 Å². The van der Waals surface area contributed by atoms with Crippen molar-refractivity contribution in [3.63, 3.8) is 0 Å². The van der Waals surface area contributed by atoms with E-state index in [0.717, 1.165) is 48.5 Å². The Labute approximate surface area is 303 Å². The van der Waals surface area contributed by atoms with Crippen molar-refractivity contribution in [1.82, 2.24) is 9.44 Å². The fraction of sp³-hybridized carbons (Fsp3) is 0.556. The minimum absolute atomic E-state index is 0.192. The number of nitro benzene ring substituents is 1. The molecule has 29 heteroatoms. The molecular weight excluding hydrogens is 865 g/mol. The van der Waals surface area contributed by atoms with Crippen LogP contribution in [0, 0.1) is 10.1 Å². The summed E-state index contributed by atoms with van der Waals surface area (Å²) < 4.78 is 286. The maximum absolute atomic E-state index is 14.1. The fourth-order valence-corrected chi connectivity index (χ4v) is 6.20. The molecule has 0 saturated carbocycles. The van der Waals surface area contributed by atoms with Crippen molar-refractivity contribution >= 4 is 25.7 Å². The first-order valence-electron chi connectivity index (χ1n) is 14.5. The summed E-state index contributed by atoms with van der Waals surface area (Å²) in [7, 11) is -8.37. The zero-order valence-electron chi connectivity index (χ0n) is 27.3. The van der Waals surface area contributed by atoms with Crippen molar-refractivity contribution in [3.8, 4) is 5.75 Å². The molecule has 2 N–H and O–H groups in total. The van der Waals surface area contributed by atoms with E-state index < -0.39 is 115 Å². The molecule has 0 aliphatic rings. The molecule has 0 unspecified atom stereocenters. The van der Waals surface area contributed by atoms with Crippen LogP contribution in [0.2, 0.25) is 0 Å². The third-order valence-corrected chi connectivity index (χ3v) is 9.56. The monoisotopic (exact) mass is 889 g/mol. The van der Waals surface area contributed by atoms with Crippen molar-refractivity contribution in [2.24, 2.45) is 0 Å². The summed E-state index contributed by atoms with van der Waals surface area (Å²) in [5.74, 6) is -57.3. The topological polar surface area (TPSA) is 145 Å². The van der Waals surface area contributed by atoms with Gasteiger partial charge in [0.25, 0.3) is 5.69 Å². The Morgan fingerprint density at radius 3 is 1.55 bits per heavy atom. The van der Waals surface area contributed by atoms with Gasteiger partial charge in [-0.15, -0.1) is 0 Å². The smallest absolute Gasteiger partial charge is 0.460 e. The number of nitrogens with one attached hydrogen (secondary N) is 2. The standard InChI is InChI=1S/C27H24F17N3O7S2/c1-55(50,51)46-16(14-45-56(52,53)19-9-5-17(6-10-19)47(48)49)13-15-3-7-18(8-4-15)54-12-2-11-20(28,29)21(30,31)22(32,33)23(34,35)24(36,37)25(38,39)26(40,41)27(42,43)44/h3-10,16,45-46H,2,11-14H2,1H3/t16-/m0/s1. The number of hydrogen-bond acceptors (Lipinski definition) is 7. The number of non-ortho nitro benzene ring substituents is 1. The molecule has 56 heavy (non-hydrogen) atoms. The molecule has 0 fully saturated rings. The first-order valence-corrected chi connectivity index (χ1v) is 17.9. The molecule has 0 aliphatic heterocycles. The van der Waals surface area contributed by atoms with Gasteiger partial charge in [0.1, 0.15) is 5.75 Å². The van der Waals surface area contributed by atoms with Crippen LogP contribution in [0.15, 0.2) is 53.4 Å². The molecule has 1 atom stereocenters. The lowest BCUT2D eigenvalue weighted by molar-refractivity contribution is -0.461. The highest BCUT2D eigenvalue weighted by atomic mass is 32.2. The molecule has 0 heterocycles. The van der Waals surface area contributed by atoms with Gasteiger partial charge in [0.15, 0.2) is 0 Å². The van der Waals surface area contributed by atoms with E-state index in [1.54, 1.807) is 0 Å². The van der Waals surface area contributed by atoms with E-state index in [1.165, 1.54) is 0 Å². The second-order valence-corrected chi connectivity index (χ2v) is 15.2. The molecule has 2 aromatic carbocycles. The molecule has 0 saturated heterocycles. The van der Waals surface area contributed by atoms with E-state index >= 15 is 0 Å². The lowest BCUT2D eigenvalue weighted by Crippen LogP contribution is -2.74. The molecule has 0 aromatic heterocycles. The minimum atomic E-state index is -8.72. The lowest BCUT2D eigenvalue weighted by Gasteiger charge is -2.42. The zero-order chi connectivity index (χ0) is 43.8. The number of benzene rings is 2. The highest BCUT2D eigenvalue weighted by Crippen LogP contribution is 2.64. The average Bonchev–Trinajstić information content (AvgIpc) is 3.04. The Kier molecular flexibility index (Phi) is 13.7. The highest BCUT2D eigenvalue weighted by Gasteiger charge is 2.95. The lowest BCUT2D eigenvalue weighted by atomic mass is 9.88. The third kappa shape index (κ3) is 9.68. The number of hydrogen-bond donors (Lipinski definition) is 2. The maximum atomic E-state index is 14.1. The third-order valence-electron chi connectivity index (χ3n) is 7.35. The predicted octanol–water partition coefficient (Wildman–Crippen LogP) is 7.20. The fourth-order valence-electron chi connectivity index (χ4n) is 4.34. The summed E-state index contributed by atoms with van der Waals surface area (Å²) in [4.78, 5) is 9.54. The Balaban J connectivity index is 2.13. The minimum Gasteiger partial charge on any atom is -0.494 e. The van der Waals surface area contributed by atoms with Crippen LogP contribution < -0.4 is 14.2 Å². The van der Waals surface area contributed by atoms with E-state index in [2.05, 4.69) is 9.44 Å². The maximum Gasteiger partial charge on any atom is 0.460 e. The number of ether oxygens (including phenoxy) is 1. The zero-order valence-corrected chi connectivity index (χ0v) is 28.9. The molecule has 320 valence electrons. The Morgan fingerprint density at radius 2 is 1.12 bits per heavy atom. The van der Waals surface area contributed by atoms with E-state index in [1.807, 2.05) is 0 Å². The molecule has 10 nitrogen and oxygen atoms in total. The van der Waals surface area contributed by atoms with E-state index in [4.69, 9.17) is 4.74 Å². The van der Waals surface area contributed by atoms with Crippen LogP contribution in [0.1, 0.15) is 18.4 Å². The normalized spacial score (nSPS) is 15.1. The Bertz CT molecular complexity index is 1910. The number of rotatable bonds is 20. The van der Waals surface area contributed by atoms with Crippen molar-refractivity contribution < 1.29 is 101 Å². The van der Waals surface area contributed by atoms with Crippen molar-refractivity contribution in [3.05, 3.63) is 64.2 Å². The second kappa shape index (κ2) is 15.9. The van der Waals surface area contributed by atoms with Gasteiger partial charge in [0, 0.05) is 31.1 Å². The predicted molar refractivity (Wildman–Crippen MR) is 156 cm³/mol. The van der Waals surface area contributed by atoms with Gasteiger partial charge in [-0.1, -0.05) is 12.1 Å². The van der Waals surface area contributed by atoms with Gasteiger partial charge in [-0.25, -0.2) is 26.3 Å². The first-order chi connectivity index (χ1) is 24.9. The summed E-state index contributed by atoms with van der Waals surface area (Å²) in [5, 5.41) is 10.8. The van der Waals surface area contributed by atoms with Crippen LogP contribution in [0.25, 0.3) is 0 Å². The van der Waals surface area contributed by atoms with Gasteiger partial charge in [-0.3, -0.25) is 10.1 Å². The van der Waals surface area contributed by atoms with Crippen LogP contribution >= 0.6 is 0 Å². The molecule has 2 rings (SSSR count). The van der Waals surface area contributed by atoms with Gasteiger partial charge >= 0.3 is 47.6 Å². The van der Waals surface area contributed by atoms with Gasteiger partial charge < -0.3 is 4.74 Å². The molecule has 0 spiro atoms. The number of halogens is 17. The second-order valence-electron chi connectivity index (χ2n) is 11.6.